The molecule has 3 N–H and O–H groups in total. The van der Waals surface area contributed by atoms with Crippen LogP contribution in [0.1, 0.15) is 5.56 Å². The molecule has 2 aromatic carbocycles. The Balaban J connectivity index is 2.15. The summed E-state index contributed by atoms with van der Waals surface area (Å²) in [6.45, 7) is 0. The van der Waals surface area contributed by atoms with Gasteiger partial charge in [0.2, 0.25) is 0 Å². The van der Waals surface area contributed by atoms with Gasteiger partial charge in [0.1, 0.15) is 0 Å². The first-order valence-electron chi connectivity index (χ1n) is 7.73. The second-order valence-electron chi connectivity index (χ2n) is 5.53. The average molecular weight is 385 g/mol. The number of hydrogen-bond acceptors (Lipinski definition) is 5. The van der Waals surface area contributed by atoms with Crippen molar-refractivity contribution in [3.8, 4) is 0 Å². The van der Waals surface area contributed by atoms with Crippen LogP contribution in [0.2, 0.25) is 0 Å². The molecule has 0 bridgehead atoms. The van der Waals surface area contributed by atoms with Crippen molar-refractivity contribution in [1.29, 1.82) is 0 Å². The Morgan fingerprint density at radius 3 is 2.63 bits per heavy atom. The van der Waals surface area contributed by atoms with Crippen LogP contribution in [0.25, 0.3) is 16.8 Å². The van der Waals surface area contributed by atoms with Crippen molar-refractivity contribution in [3.05, 3.63) is 72.6 Å². The summed E-state index contributed by atoms with van der Waals surface area (Å²) >= 11 is 0. The maximum absolute atomic E-state index is 12.1. The number of anilines is 2. The molecule has 8 nitrogen and oxygen atoms in total. The van der Waals surface area contributed by atoms with E-state index in [1.165, 1.54) is 29.9 Å². The summed E-state index contributed by atoms with van der Waals surface area (Å²) in [4.78, 5) is 15.2. The van der Waals surface area contributed by atoms with Crippen molar-refractivity contribution < 1.29 is 23.0 Å². The van der Waals surface area contributed by atoms with E-state index < -0.39 is 16.2 Å². The summed E-state index contributed by atoms with van der Waals surface area (Å²) in [6.07, 6.45) is 5.40. The van der Waals surface area contributed by atoms with Crippen LogP contribution in [-0.2, 0) is 15.1 Å². The van der Waals surface area contributed by atoms with Crippen molar-refractivity contribution >= 4 is 44.4 Å². The van der Waals surface area contributed by atoms with E-state index in [0.29, 0.717) is 16.3 Å². The molecule has 1 heterocycles. The van der Waals surface area contributed by atoms with E-state index in [1.54, 1.807) is 42.6 Å². The molecule has 0 radical (unpaired) electrons. The van der Waals surface area contributed by atoms with Gasteiger partial charge in [-0.25, -0.2) is 9.79 Å². The van der Waals surface area contributed by atoms with Crippen LogP contribution in [0.15, 0.2) is 67.0 Å². The molecule has 1 aromatic heterocycles. The lowest BCUT2D eigenvalue weighted by molar-refractivity contribution is -0.124. The zero-order valence-corrected chi connectivity index (χ0v) is 14.7. The highest BCUT2D eigenvalue weighted by atomic mass is 32.2. The van der Waals surface area contributed by atoms with Gasteiger partial charge in [-0.05, 0) is 23.8 Å². The molecule has 138 valence electrons. The molecular weight excluding hydrogens is 370 g/mol. The van der Waals surface area contributed by atoms with Gasteiger partial charge >= 0.3 is 10.3 Å². The van der Waals surface area contributed by atoms with Gasteiger partial charge in [-0.15, -0.1) is 0 Å². The molecule has 1 amide bonds. The highest BCUT2D eigenvalue weighted by molar-refractivity contribution is 7.87. The molecule has 0 aliphatic carbocycles. The summed E-state index contributed by atoms with van der Waals surface area (Å²) in [7, 11) is -4.67. The van der Waals surface area contributed by atoms with E-state index >= 15 is 0 Å². The lowest BCUT2D eigenvalue weighted by Gasteiger charge is -2.22. The number of fused-ring (bicyclic) bond motifs is 1. The van der Waals surface area contributed by atoms with Crippen LogP contribution in [0.4, 0.5) is 11.4 Å². The highest BCUT2D eigenvalue weighted by Gasteiger charge is 2.24. The monoisotopic (exact) mass is 385 g/mol. The second-order valence-corrected chi connectivity index (χ2v) is 6.79. The van der Waals surface area contributed by atoms with Crippen molar-refractivity contribution in [2.75, 3.05) is 4.31 Å². The van der Waals surface area contributed by atoms with Crippen molar-refractivity contribution in [2.24, 2.45) is 0 Å². The molecule has 0 unspecified atom stereocenters. The highest BCUT2D eigenvalue weighted by Crippen LogP contribution is 2.34. The fourth-order valence-corrected chi connectivity index (χ4v) is 3.40. The predicted molar refractivity (Wildman–Crippen MR) is 101 cm³/mol. The average Bonchev–Trinajstić information content (AvgIpc) is 2.66. The number of pyridine rings is 1. The standard InChI is InChI=1S/C18H15N3O5S/c22-18(20-23)9-8-13-4-3-6-15(10-13)21(27(24,25)26)17-12-19-11-14-5-1-2-7-16(14)17/h1-12,23H,(H,20,22)(H,24,25,26)/b9-8+. The van der Waals surface area contributed by atoms with E-state index in [-0.39, 0.29) is 11.4 Å². The Bertz CT molecular complexity index is 1120. The van der Waals surface area contributed by atoms with Gasteiger partial charge in [0.05, 0.1) is 17.6 Å². The number of amides is 1. The van der Waals surface area contributed by atoms with Gasteiger partial charge in [-0.1, -0.05) is 36.4 Å². The number of carbonyl (C=O) groups excluding carboxylic acids is 1. The molecule has 0 aliphatic heterocycles. The zero-order valence-electron chi connectivity index (χ0n) is 13.9. The fraction of sp³-hybridized carbons (Fsp3) is 0. The number of nitrogens with zero attached hydrogens (tertiary/aromatic N) is 2. The number of hydrogen-bond donors (Lipinski definition) is 3. The maximum atomic E-state index is 12.1. The summed E-state index contributed by atoms with van der Waals surface area (Å²) in [5, 5.41) is 9.83. The molecular formula is C18H15N3O5S. The zero-order chi connectivity index (χ0) is 19.4. The van der Waals surface area contributed by atoms with Gasteiger partial charge in [-0.2, -0.15) is 8.42 Å². The number of hydroxylamine groups is 1. The number of rotatable bonds is 5. The smallest absolute Gasteiger partial charge is 0.288 e. The minimum absolute atomic E-state index is 0.155. The predicted octanol–water partition coefficient (Wildman–Crippen LogP) is 2.69. The van der Waals surface area contributed by atoms with E-state index in [0.717, 1.165) is 10.4 Å². The third-order valence-electron chi connectivity index (χ3n) is 3.74. The van der Waals surface area contributed by atoms with Crippen LogP contribution in [0, 0.1) is 0 Å². The van der Waals surface area contributed by atoms with Gasteiger partial charge in [0.15, 0.2) is 0 Å². The van der Waals surface area contributed by atoms with E-state index in [9.17, 15) is 17.8 Å². The van der Waals surface area contributed by atoms with Gasteiger partial charge in [0, 0.05) is 23.0 Å². The molecule has 0 atom stereocenters. The van der Waals surface area contributed by atoms with Crippen molar-refractivity contribution in [1.82, 2.24) is 10.5 Å². The quantitative estimate of drug-likeness (QED) is 0.269. The largest absolute Gasteiger partial charge is 0.364 e. The fourth-order valence-electron chi connectivity index (χ4n) is 2.62. The van der Waals surface area contributed by atoms with E-state index in [2.05, 4.69) is 4.98 Å². The summed E-state index contributed by atoms with van der Waals surface area (Å²) in [5.41, 5.74) is 2.29. The first-order chi connectivity index (χ1) is 12.9. The molecule has 0 fully saturated rings. The number of aromatic nitrogens is 1. The lowest BCUT2D eigenvalue weighted by Crippen LogP contribution is -2.25. The third-order valence-corrected chi connectivity index (χ3v) is 4.61. The molecule has 27 heavy (non-hydrogen) atoms. The van der Waals surface area contributed by atoms with Crippen LogP contribution < -0.4 is 9.79 Å². The summed E-state index contributed by atoms with van der Waals surface area (Å²) in [5.74, 6) is -0.731. The topological polar surface area (TPSA) is 120 Å². The molecule has 0 aliphatic rings. The summed E-state index contributed by atoms with van der Waals surface area (Å²) < 4.78 is 34.9. The minimum atomic E-state index is -4.67. The second kappa shape index (κ2) is 7.54. The molecule has 0 spiro atoms. The SMILES string of the molecule is O=C(/C=C/c1cccc(N(c2cncc3ccccc23)S(=O)(=O)O)c1)NO. The van der Waals surface area contributed by atoms with Crippen LogP contribution in [-0.4, -0.2) is 29.1 Å². The third kappa shape index (κ3) is 4.11. The molecule has 3 aromatic rings. The van der Waals surface area contributed by atoms with Crippen LogP contribution in [0.5, 0.6) is 0 Å². The summed E-state index contributed by atoms with van der Waals surface area (Å²) in [6, 6.07) is 13.2. The van der Waals surface area contributed by atoms with Crippen LogP contribution >= 0.6 is 0 Å². The lowest BCUT2D eigenvalue weighted by atomic mass is 10.1. The first-order valence-corrected chi connectivity index (χ1v) is 9.12. The Kier molecular flexibility index (Phi) is 5.17. The number of carbonyl (C=O) groups is 1. The Morgan fingerprint density at radius 1 is 1.11 bits per heavy atom. The van der Waals surface area contributed by atoms with Crippen molar-refractivity contribution in [2.45, 2.75) is 0 Å². The van der Waals surface area contributed by atoms with Gasteiger partial charge in [0.25, 0.3) is 5.91 Å². The Hall–Kier alpha value is -3.27. The molecule has 9 heteroatoms. The van der Waals surface area contributed by atoms with Gasteiger partial charge < -0.3 is 0 Å². The molecule has 3 rings (SSSR count). The van der Waals surface area contributed by atoms with E-state index in [4.69, 9.17) is 5.21 Å². The first kappa shape index (κ1) is 18.5. The van der Waals surface area contributed by atoms with Gasteiger partial charge in [-0.3, -0.25) is 19.5 Å². The van der Waals surface area contributed by atoms with Crippen LogP contribution in [0.3, 0.4) is 0 Å². The normalized spacial score (nSPS) is 11.6. The Labute approximate surface area is 155 Å². The number of benzene rings is 2. The minimum Gasteiger partial charge on any atom is -0.288 e. The van der Waals surface area contributed by atoms with E-state index in [1.807, 2.05) is 0 Å². The number of nitrogens with one attached hydrogen (secondary N) is 1. The Morgan fingerprint density at radius 2 is 1.89 bits per heavy atom. The molecule has 0 saturated carbocycles. The van der Waals surface area contributed by atoms with Crippen molar-refractivity contribution in [3.63, 3.8) is 0 Å². The maximum Gasteiger partial charge on any atom is 0.364 e. The molecule has 0 saturated heterocycles.